The van der Waals surface area contributed by atoms with Gasteiger partial charge in [0.15, 0.2) is 0 Å². The first-order chi connectivity index (χ1) is 9.17. The molecule has 0 aliphatic carbocycles. The molecule has 1 fully saturated rings. The summed E-state index contributed by atoms with van der Waals surface area (Å²) in [5.74, 6) is -0.625. The van der Waals surface area contributed by atoms with E-state index in [1.165, 1.54) is 4.90 Å². The van der Waals surface area contributed by atoms with Crippen LogP contribution in [0.2, 0.25) is 0 Å². The minimum atomic E-state index is -3.58. The number of carbonyl (C=O) groups is 1. The molecule has 0 saturated carbocycles. The van der Waals surface area contributed by atoms with Gasteiger partial charge in [0.1, 0.15) is 0 Å². The lowest BCUT2D eigenvalue weighted by Crippen LogP contribution is -2.28. The van der Waals surface area contributed by atoms with E-state index < -0.39 is 10.0 Å². The van der Waals surface area contributed by atoms with Gasteiger partial charge in [-0.2, -0.15) is 0 Å². The fourth-order valence-corrected chi connectivity index (χ4v) is 3.59. The van der Waals surface area contributed by atoms with Crippen molar-refractivity contribution in [3.63, 3.8) is 0 Å². The average molecular weight is 362 g/mol. The topological polar surface area (TPSA) is 106 Å². The van der Waals surface area contributed by atoms with E-state index in [2.05, 4.69) is 15.9 Å². The largest absolute Gasteiger partial charge is 0.397 e. The van der Waals surface area contributed by atoms with E-state index in [0.717, 1.165) is 10.0 Å². The molecule has 0 radical (unpaired) electrons. The maximum atomic E-state index is 12.0. The molecular formula is C12H16BrN3O3S. The number of hydrogen-bond acceptors (Lipinski definition) is 4. The molecule has 1 aromatic carbocycles. The van der Waals surface area contributed by atoms with E-state index in [9.17, 15) is 13.2 Å². The van der Waals surface area contributed by atoms with Crippen LogP contribution in [0.25, 0.3) is 0 Å². The fraction of sp³-hybridized carbons (Fsp3) is 0.417. The summed E-state index contributed by atoms with van der Waals surface area (Å²) in [5, 5.41) is 5.03. The van der Waals surface area contributed by atoms with Crippen LogP contribution in [0.5, 0.6) is 0 Å². The first kappa shape index (κ1) is 15.3. The van der Waals surface area contributed by atoms with Crippen molar-refractivity contribution in [1.29, 1.82) is 0 Å². The SMILES string of the molecule is Cc1cc(N)c(N2CC(CS(N)(=O)=O)CC2=O)cc1Br. The van der Waals surface area contributed by atoms with Crippen molar-refractivity contribution in [2.75, 3.05) is 22.9 Å². The van der Waals surface area contributed by atoms with Gasteiger partial charge in [-0.05, 0) is 24.6 Å². The number of anilines is 2. The number of rotatable bonds is 3. The lowest BCUT2D eigenvalue weighted by molar-refractivity contribution is -0.117. The number of benzene rings is 1. The second kappa shape index (κ2) is 5.34. The summed E-state index contributed by atoms with van der Waals surface area (Å²) in [7, 11) is -3.58. The van der Waals surface area contributed by atoms with Crippen LogP contribution in [0.15, 0.2) is 16.6 Å². The first-order valence-corrected chi connectivity index (χ1v) is 8.54. The molecule has 0 bridgehead atoms. The molecule has 1 aliphatic heterocycles. The lowest BCUT2D eigenvalue weighted by atomic mass is 10.1. The number of nitrogen functional groups attached to an aromatic ring is 1. The van der Waals surface area contributed by atoms with Crippen molar-refractivity contribution in [3.05, 3.63) is 22.2 Å². The zero-order chi connectivity index (χ0) is 15.1. The monoisotopic (exact) mass is 361 g/mol. The minimum Gasteiger partial charge on any atom is -0.397 e. The zero-order valence-corrected chi connectivity index (χ0v) is 13.4. The molecule has 1 unspecified atom stereocenters. The van der Waals surface area contributed by atoms with Crippen molar-refractivity contribution in [3.8, 4) is 0 Å². The highest BCUT2D eigenvalue weighted by Crippen LogP contribution is 2.34. The molecule has 6 nitrogen and oxygen atoms in total. The van der Waals surface area contributed by atoms with Crippen LogP contribution < -0.4 is 15.8 Å². The normalized spacial score (nSPS) is 19.6. The van der Waals surface area contributed by atoms with Gasteiger partial charge in [0.05, 0.1) is 17.1 Å². The molecule has 1 heterocycles. The second-order valence-corrected chi connectivity index (χ2v) is 7.58. The number of aryl methyl sites for hydroxylation is 1. The van der Waals surface area contributed by atoms with Gasteiger partial charge in [-0.1, -0.05) is 15.9 Å². The smallest absolute Gasteiger partial charge is 0.227 e. The quantitative estimate of drug-likeness (QED) is 0.782. The van der Waals surface area contributed by atoms with Gasteiger partial charge in [0, 0.05) is 23.4 Å². The van der Waals surface area contributed by atoms with Gasteiger partial charge >= 0.3 is 0 Å². The van der Waals surface area contributed by atoms with Crippen LogP contribution >= 0.6 is 15.9 Å². The Morgan fingerprint density at radius 3 is 2.70 bits per heavy atom. The van der Waals surface area contributed by atoms with Crippen molar-refractivity contribution < 1.29 is 13.2 Å². The predicted molar refractivity (Wildman–Crippen MR) is 81.7 cm³/mol. The summed E-state index contributed by atoms with van der Waals surface area (Å²) in [4.78, 5) is 13.6. The Balaban J connectivity index is 2.26. The molecule has 1 saturated heterocycles. The molecule has 1 atom stereocenters. The van der Waals surface area contributed by atoms with Gasteiger partial charge in [-0.3, -0.25) is 4.79 Å². The van der Waals surface area contributed by atoms with Crippen molar-refractivity contribution >= 4 is 43.2 Å². The highest BCUT2D eigenvalue weighted by Gasteiger charge is 2.33. The number of halogens is 1. The van der Waals surface area contributed by atoms with Crippen molar-refractivity contribution in [2.24, 2.45) is 11.1 Å². The second-order valence-electron chi connectivity index (χ2n) is 5.06. The summed E-state index contributed by atoms with van der Waals surface area (Å²) in [5.41, 5.74) is 8.02. The van der Waals surface area contributed by atoms with Crippen LogP contribution in [-0.2, 0) is 14.8 Å². The van der Waals surface area contributed by atoms with Gasteiger partial charge in [0.25, 0.3) is 0 Å². The Bertz CT molecular complexity index is 660. The third-order valence-corrected chi connectivity index (χ3v) is 5.06. The fourth-order valence-electron chi connectivity index (χ4n) is 2.38. The predicted octanol–water partition coefficient (Wildman–Crippen LogP) is 0.981. The van der Waals surface area contributed by atoms with Gasteiger partial charge in [0.2, 0.25) is 15.9 Å². The molecule has 8 heteroatoms. The summed E-state index contributed by atoms with van der Waals surface area (Å²) in [6.45, 7) is 2.22. The number of primary sulfonamides is 1. The summed E-state index contributed by atoms with van der Waals surface area (Å²) < 4.78 is 23.1. The molecule has 2 rings (SSSR count). The third-order valence-electron chi connectivity index (χ3n) is 3.27. The Morgan fingerprint density at radius 1 is 1.45 bits per heavy atom. The highest BCUT2D eigenvalue weighted by molar-refractivity contribution is 9.10. The number of nitrogens with two attached hydrogens (primary N) is 2. The molecule has 4 N–H and O–H groups in total. The summed E-state index contributed by atoms with van der Waals surface area (Å²) in [6.07, 6.45) is 0.168. The molecular weight excluding hydrogens is 346 g/mol. The number of sulfonamides is 1. The van der Waals surface area contributed by atoms with E-state index in [-0.39, 0.29) is 24.0 Å². The molecule has 20 heavy (non-hydrogen) atoms. The minimum absolute atomic E-state index is 0.138. The molecule has 110 valence electrons. The van der Waals surface area contributed by atoms with Crippen LogP contribution in [0.1, 0.15) is 12.0 Å². The van der Waals surface area contributed by atoms with E-state index >= 15 is 0 Å². The van der Waals surface area contributed by atoms with Crippen molar-refractivity contribution in [1.82, 2.24) is 0 Å². The maximum Gasteiger partial charge on any atom is 0.227 e. The van der Waals surface area contributed by atoms with E-state index in [1.54, 1.807) is 12.1 Å². The van der Waals surface area contributed by atoms with E-state index in [0.29, 0.717) is 17.9 Å². The highest BCUT2D eigenvalue weighted by atomic mass is 79.9. The van der Waals surface area contributed by atoms with Gasteiger partial charge < -0.3 is 10.6 Å². The molecule has 0 aromatic heterocycles. The van der Waals surface area contributed by atoms with Crippen LogP contribution in [-0.4, -0.2) is 26.6 Å². The van der Waals surface area contributed by atoms with E-state index in [1.807, 2.05) is 6.92 Å². The lowest BCUT2D eigenvalue weighted by Gasteiger charge is -2.20. The molecule has 1 aliphatic rings. The Kier molecular flexibility index (Phi) is 4.08. The Labute approximate surface area is 126 Å². The Hall–Kier alpha value is -1.12. The number of hydrogen-bond donors (Lipinski definition) is 2. The summed E-state index contributed by atoms with van der Waals surface area (Å²) >= 11 is 3.40. The standard InChI is InChI=1S/C12H16BrN3O3S/c1-7-2-10(14)11(4-9(7)13)16-5-8(3-12(16)17)6-20(15,18)19/h2,4,8H,3,5-6,14H2,1H3,(H2,15,18,19). The molecule has 1 amide bonds. The zero-order valence-electron chi connectivity index (χ0n) is 11.0. The molecule has 0 spiro atoms. The van der Waals surface area contributed by atoms with Gasteiger partial charge in [-0.15, -0.1) is 0 Å². The van der Waals surface area contributed by atoms with Gasteiger partial charge in [-0.25, -0.2) is 13.6 Å². The number of amides is 1. The number of nitrogens with zero attached hydrogens (tertiary/aromatic N) is 1. The number of carbonyl (C=O) groups excluding carboxylic acids is 1. The maximum absolute atomic E-state index is 12.0. The third kappa shape index (κ3) is 3.31. The van der Waals surface area contributed by atoms with Crippen LogP contribution in [0.3, 0.4) is 0 Å². The van der Waals surface area contributed by atoms with Crippen LogP contribution in [0, 0.1) is 12.8 Å². The Morgan fingerprint density at radius 2 is 2.10 bits per heavy atom. The average Bonchev–Trinajstić information content (AvgIpc) is 2.62. The first-order valence-electron chi connectivity index (χ1n) is 6.04. The van der Waals surface area contributed by atoms with Crippen molar-refractivity contribution in [2.45, 2.75) is 13.3 Å². The molecule has 1 aromatic rings. The van der Waals surface area contributed by atoms with E-state index in [4.69, 9.17) is 10.9 Å². The van der Waals surface area contributed by atoms with Crippen LogP contribution in [0.4, 0.5) is 11.4 Å². The summed E-state index contributed by atoms with van der Waals surface area (Å²) in [6, 6.07) is 3.56.